The van der Waals surface area contributed by atoms with Crippen LogP contribution < -0.4 is 5.32 Å². The number of ether oxygens (including phenoxy) is 1. The first-order valence-electron chi connectivity index (χ1n) is 7.04. The molecule has 3 rings (SSSR count). The third kappa shape index (κ3) is 2.84. The molecule has 1 saturated heterocycles. The van der Waals surface area contributed by atoms with Gasteiger partial charge in [-0.15, -0.1) is 0 Å². The minimum absolute atomic E-state index is 0.0649. The molecule has 1 aromatic rings. The molecule has 1 aliphatic carbocycles. The molecule has 2 nitrogen and oxygen atoms in total. The molecule has 0 amide bonds. The molecule has 1 N–H and O–H groups in total. The summed E-state index contributed by atoms with van der Waals surface area (Å²) in [6.07, 6.45) is 5.59. The maximum absolute atomic E-state index is 13.6. The molecule has 2 fully saturated rings. The maximum Gasteiger partial charge on any atom is 0.142 e. The zero-order valence-corrected chi connectivity index (χ0v) is 13.0. The largest absolute Gasteiger partial charge is 0.372 e. The van der Waals surface area contributed by atoms with Gasteiger partial charge in [0.2, 0.25) is 0 Å². The SMILES string of the molecule is CSC1CCC1N[C@@H]1CCO[C@H]1c1ccc(Cl)c(F)c1. The molecule has 2 unspecified atom stereocenters. The van der Waals surface area contributed by atoms with Crippen LogP contribution in [0.4, 0.5) is 4.39 Å². The van der Waals surface area contributed by atoms with E-state index >= 15 is 0 Å². The summed E-state index contributed by atoms with van der Waals surface area (Å²) in [6, 6.07) is 5.81. The van der Waals surface area contributed by atoms with Crippen molar-refractivity contribution in [2.24, 2.45) is 0 Å². The number of halogens is 2. The molecule has 1 aromatic carbocycles. The zero-order chi connectivity index (χ0) is 14.1. The van der Waals surface area contributed by atoms with Gasteiger partial charge in [-0.3, -0.25) is 0 Å². The van der Waals surface area contributed by atoms with E-state index < -0.39 is 0 Å². The van der Waals surface area contributed by atoms with Gasteiger partial charge in [-0.25, -0.2) is 4.39 Å². The number of hydrogen-bond donors (Lipinski definition) is 1. The molecule has 1 saturated carbocycles. The van der Waals surface area contributed by atoms with Gasteiger partial charge in [0.25, 0.3) is 0 Å². The fourth-order valence-electron chi connectivity index (χ4n) is 3.00. The molecule has 5 heteroatoms. The van der Waals surface area contributed by atoms with Gasteiger partial charge in [0, 0.05) is 23.9 Å². The second-order valence-corrected chi connectivity index (χ2v) is 6.97. The second kappa shape index (κ2) is 6.22. The van der Waals surface area contributed by atoms with Crippen LogP contribution in [0.25, 0.3) is 0 Å². The average molecular weight is 316 g/mol. The fourth-order valence-corrected chi connectivity index (χ4v) is 4.03. The summed E-state index contributed by atoms with van der Waals surface area (Å²) in [4.78, 5) is 0. The predicted molar refractivity (Wildman–Crippen MR) is 82.0 cm³/mol. The van der Waals surface area contributed by atoms with E-state index in [4.69, 9.17) is 16.3 Å². The number of benzene rings is 1. The molecular formula is C15H19ClFNOS. The Labute approximate surface area is 128 Å². The minimum Gasteiger partial charge on any atom is -0.372 e. The van der Waals surface area contributed by atoms with Gasteiger partial charge in [-0.05, 0) is 43.2 Å². The third-order valence-electron chi connectivity index (χ3n) is 4.31. The van der Waals surface area contributed by atoms with E-state index in [0.29, 0.717) is 11.3 Å². The molecule has 2 aliphatic rings. The highest BCUT2D eigenvalue weighted by Crippen LogP contribution is 2.35. The fraction of sp³-hybridized carbons (Fsp3) is 0.600. The molecule has 0 radical (unpaired) electrons. The van der Waals surface area contributed by atoms with Crippen molar-refractivity contribution in [3.8, 4) is 0 Å². The van der Waals surface area contributed by atoms with E-state index in [0.717, 1.165) is 18.6 Å². The molecule has 0 aromatic heterocycles. The molecule has 0 bridgehead atoms. The lowest BCUT2D eigenvalue weighted by atomic mass is 9.90. The lowest BCUT2D eigenvalue weighted by Gasteiger charge is -2.39. The summed E-state index contributed by atoms with van der Waals surface area (Å²) < 4.78 is 19.4. The summed E-state index contributed by atoms with van der Waals surface area (Å²) in [5, 5.41) is 4.57. The molecule has 0 spiro atoms. The standard InChI is InChI=1S/C15H19ClFNOS/c1-20-14-5-4-12(14)18-13-6-7-19-15(13)9-2-3-10(16)11(17)8-9/h2-3,8,12-15,18H,4-7H2,1H3/t12?,13-,14?,15+/m1/s1. The highest BCUT2D eigenvalue weighted by Gasteiger charge is 2.37. The highest BCUT2D eigenvalue weighted by atomic mass is 35.5. The minimum atomic E-state index is -0.371. The van der Waals surface area contributed by atoms with Gasteiger partial charge in [-0.2, -0.15) is 11.8 Å². The van der Waals surface area contributed by atoms with Crippen molar-refractivity contribution >= 4 is 23.4 Å². The Morgan fingerprint density at radius 1 is 1.30 bits per heavy atom. The van der Waals surface area contributed by atoms with Crippen LogP contribution in [-0.2, 0) is 4.74 Å². The Morgan fingerprint density at radius 2 is 2.15 bits per heavy atom. The smallest absolute Gasteiger partial charge is 0.142 e. The topological polar surface area (TPSA) is 21.3 Å². The number of thioether (sulfide) groups is 1. The van der Waals surface area contributed by atoms with E-state index in [9.17, 15) is 4.39 Å². The van der Waals surface area contributed by atoms with Gasteiger partial charge in [0.05, 0.1) is 11.1 Å². The van der Waals surface area contributed by atoms with Gasteiger partial charge in [0.15, 0.2) is 0 Å². The highest BCUT2D eigenvalue weighted by molar-refractivity contribution is 7.99. The Kier molecular flexibility index (Phi) is 4.55. The van der Waals surface area contributed by atoms with Crippen LogP contribution in [-0.4, -0.2) is 30.2 Å². The molecule has 110 valence electrons. The summed E-state index contributed by atoms with van der Waals surface area (Å²) in [5.41, 5.74) is 0.877. The Hall–Kier alpha value is -0.290. The Morgan fingerprint density at radius 3 is 2.80 bits per heavy atom. The summed E-state index contributed by atoms with van der Waals surface area (Å²) >= 11 is 7.67. The molecular weight excluding hydrogens is 297 g/mol. The van der Waals surface area contributed by atoms with Gasteiger partial charge in [-0.1, -0.05) is 17.7 Å². The van der Waals surface area contributed by atoms with Crippen LogP contribution in [0.5, 0.6) is 0 Å². The first-order valence-corrected chi connectivity index (χ1v) is 8.71. The predicted octanol–water partition coefficient (Wildman–Crippen LogP) is 3.79. The van der Waals surface area contributed by atoms with E-state index in [-0.39, 0.29) is 23.0 Å². The van der Waals surface area contributed by atoms with Crippen molar-refractivity contribution in [1.82, 2.24) is 5.32 Å². The van der Waals surface area contributed by atoms with Crippen molar-refractivity contribution in [1.29, 1.82) is 0 Å². The number of nitrogens with one attached hydrogen (secondary N) is 1. The summed E-state index contributed by atoms with van der Waals surface area (Å²) in [7, 11) is 0. The van der Waals surface area contributed by atoms with Crippen molar-refractivity contribution in [3.63, 3.8) is 0 Å². The first kappa shape index (κ1) is 14.6. The molecule has 20 heavy (non-hydrogen) atoms. The van der Waals surface area contributed by atoms with Gasteiger partial charge >= 0.3 is 0 Å². The van der Waals surface area contributed by atoms with Crippen molar-refractivity contribution in [3.05, 3.63) is 34.6 Å². The lowest BCUT2D eigenvalue weighted by molar-refractivity contribution is 0.0934. The van der Waals surface area contributed by atoms with E-state index in [1.54, 1.807) is 6.07 Å². The molecule has 4 atom stereocenters. The van der Waals surface area contributed by atoms with E-state index in [1.165, 1.54) is 18.9 Å². The summed E-state index contributed by atoms with van der Waals surface area (Å²) in [6.45, 7) is 0.725. The normalized spacial score (nSPS) is 33.1. The zero-order valence-electron chi connectivity index (χ0n) is 11.4. The van der Waals surface area contributed by atoms with Crippen molar-refractivity contribution < 1.29 is 9.13 Å². The third-order valence-corrected chi connectivity index (χ3v) is 5.78. The second-order valence-electron chi connectivity index (χ2n) is 5.48. The van der Waals surface area contributed by atoms with Gasteiger partial charge in [0.1, 0.15) is 5.82 Å². The summed E-state index contributed by atoms with van der Waals surface area (Å²) in [5.74, 6) is -0.371. The van der Waals surface area contributed by atoms with Crippen LogP contribution >= 0.6 is 23.4 Å². The van der Waals surface area contributed by atoms with Crippen LogP contribution in [0, 0.1) is 5.82 Å². The first-order chi connectivity index (χ1) is 9.69. The Balaban J connectivity index is 1.70. The van der Waals surface area contributed by atoms with E-state index in [1.807, 2.05) is 17.8 Å². The number of rotatable bonds is 4. The van der Waals surface area contributed by atoms with Crippen LogP contribution in [0.1, 0.15) is 30.9 Å². The molecule has 1 aliphatic heterocycles. The lowest BCUT2D eigenvalue weighted by Crippen LogP contribution is -2.51. The maximum atomic E-state index is 13.6. The number of hydrogen-bond acceptors (Lipinski definition) is 3. The van der Waals surface area contributed by atoms with Crippen molar-refractivity contribution in [2.45, 2.75) is 42.7 Å². The Bertz CT molecular complexity index is 485. The van der Waals surface area contributed by atoms with Gasteiger partial charge < -0.3 is 10.1 Å². The van der Waals surface area contributed by atoms with E-state index in [2.05, 4.69) is 11.6 Å². The van der Waals surface area contributed by atoms with Crippen LogP contribution in [0.2, 0.25) is 5.02 Å². The monoisotopic (exact) mass is 315 g/mol. The van der Waals surface area contributed by atoms with Crippen LogP contribution in [0.3, 0.4) is 0 Å². The average Bonchev–Trinajstić information content (AvgIpc) is 2.87. The quantitative estimate of drug-likeness (QED) is 0.913. The van der Waals surface area contributed by atoms with Crippen molar-refractivity contribution in [2.75, 3.05) is 12.9 Å². The molecule has 1 heterocycles. The van der Waals surface area contributed by atoms with Crippen LogP contribution in [0.15, 0.2) is 18.2 Å².